The summed E-state index contributed by atoms with van der Waals surface area (Å²) in [5, 5.41) is 0. The standard InChI is InChI=1S/C20H32O2/c1-17(2)19-12-14-20(15-13-19)22-16-10-8-6-4-5-7-9-11-18(3)21/h12-15,17H,4-11,16H2,1-3H3. The SMILES string of the molecule is CC(=O)CCCCCCCCCOc1ccc(C(C)C)cc1. The second-order valence-electron chi connectivity index (χ2n) is 6.50. The van der Waals surface area contributed by atoms with Crippen LogP contribution in [0.25, 0.3) is 0 Å². The molecule has 0 saturated carbocycles. The van der Waals surface area contributed by atoms with Crippen molar-refractivity contribution in [3.63, 3.8) is 0 Å². The first-order chi connectivity index (χ1) is 10.6. The lowest BCUT2D eigenvalue weighted by atomic mass is 10.0. The van der Waals surface area contributed by atoms with Crippen LogP contribution in [-0.2, 0) is 4.79 Å². The van der Waals surface area contributed by atoms with E-state index >= 15 is 0 Å². The summed E-state index contributed by atoms with van der Waals surface area (Å²) in [6.45, 7) is 6.90. The summed E-state index contributed by atoms with van der Waals surface area (Å²) >= 11 is 0. The molecule has 0 aliphatic rings. The highest BCUT2D eigenvalue weighted by Gasteiger charge is 1.99. The predicted molar refractivity (Wildman–Crippen MR) is 93.6 cm³/mol. The van der Waals surface area contributed by atoms with Crippen LogP contribution >= 0.6 is 0 Å². The molecule has 0 fully saturated rings. The lowest BCUT2D eigenvalue weighted by molar-refractivity contribution is -0.117. The molecule has 1 aromatic carbocycles. The van der Waals surface area contributed by atoms with Gasteiger partial charge >= 0.3 is 0 Å². The Labute approximate surface area is 136 Å². The Morgan fingerprint density at radius 2 is 1.45 bits per heavy atom. The van der Waals surface area contributed by atoms with Gasteiger partial charge in [0.05, 0.1) is 6.61 Å². The van der Waals surface area contributed by atoms with Gasteiger partial charge in [-0.05, 0) is 43.4 Å². The first kappa shape index (κ1) is 18.7. The molecule has 1 aromatic rings. The van der Waals surface area contributed by atoms with Crippen molar-refractivity contribution in [2.24, 2.45) is 0 Å². The highest BCUT2D eigenvalue weighted by molar-refractivity contribution is 5.75. The molecule has 0 amide bonds. The maximum Gasteiger partial charge on any atom is 0.129 e. The summed E-state index contributed by atoms with van der Waals surface area (Å²) in [6.07, 6.45) is 9.17. The second-order valence-corrected chi connectivity index (χ2v) is 6.50. The van der Waals surface area contributed by atoms with Crippen molar-refractivity contribution in [1.82, 2.24) is 0 Å². The summed E-state index contributed by atoms with van der Waals surface area (Å²) in [6, 6.07) is 8.46. The maximum absolute atomic E-state index is 10.8. The molecular formula is C20H32O2. The Bertz CT molecular complexity index is 406. The smallest absolute Gasteiger partial charge is 0.129 e. The molecule has 2 nitrogen and oxygen atoms in total. The number of ketones is 1. The zero-order chi connectivity index (χ0) is 16.2. The minimum absolute atomic E-state index is 0.318. The van der Waals surface area contributed by atoms with Crippen molar-refractivity contribution in [1.29, 1.82) is 0 Å². The van der Waals surface area contributed by atoms with Gasteiger partial charge in [0.25, 0.3) is 0 Å². The van der Waals surface area contributed by atoms with Gasteiger partial charge in [-0.15, -0.1) is 0 Å². The number of Topliss-reactive ketones (excluding diaryl/α,β-unsaturated/α-hetero) is 1. The minimum atomic E-state index is 0.318. The second kappa shape index (κ2) is 11.3. The zero-order valence-electron chi connectivity index (χ0n) is 14.6. The molecule has 0 radical (unpaired) electrons. The predicted octanol–water partition coefficient (Wildman–Crippen LogP) is 5.90. The van der Waals surface area contributed by atoms with Gasteiger partial charge in [0.15, 0.2) is 0 Å². The number of unbranched alkanes of at least 4 members (excludes halogenated alkanes) is 6. The molecule has 0 N–H and O–H groups in total. The number of ether oxygens (including phenoxy) is 1. The molecule has 0 aliphatic heterocycles. The molecule has 22 heavy (non-hydrogen) atoms. The summed E-state index contributed by atoms with van der Waals surface area (Å²) in [5.41, 5.74) is 1.36. The van der Waals surface area contributed by atoms with Crippen LogP contribution in [0.4, 0.5) is 0 Å². The molecule has 0 aromatic heterocycles. The molecule has 0 heterocycles. The third kappa shape index (κ3) is 8.86. The van der Waals surface area contributed by atoms with Crippen molar-refractivity contribution in [3.8, 4) is 5.75 Å². The Kier molecular flexibility index (Phi) is 9.61. The number of carbonyl (C=O) groups is 1. The Morgan fingerprint density at radius 1 is 0.909 bits per heavy atom. The van der Waals surface area contributed by atoms with Gasteiger partial charge in [-0.2, -0.15) is 0 Å². The van der Waals surface area contributed by atoms with Gasteiger partial charge < -0.3 is 9.53 Å². The Balaban J connectivity index is 1.96. The summed E-state index contributed by atoms with van der Waals surface area (Å²) < 4.78 is 5.77. The van der Waals surface area contributed by atoms with Crippen LogP contribution in [0, 0.1) is 0 Å². The van der Waals surface area contributed by atoms with Crippen LogP contribution in [0.15, 0.2) is 24.3 Å². The van der Waals surface area contributed by atoms with E-state index in [1.54, 1.807) is 6.92 Å². The highest BCUT2D eigenvalue weighted by atomic mass is 16.5. The van der Waals surface area contributed by atoms with Gasteiger partial charge in [0.1, 0.15) is 11.5 Å². The summed E-state index contributed by atoms with van der Waals surface area (Å²) in [7, 11) is 0. The first-order valence-corrected chi connectivity index (χ1v) is 8.82. The normalized spacial score (nSPS) is 10.9. The number of hydrogen-bond donors (Lipinski definition) is 0. The van der Waals surface area contributed by atoms with Crippen molar-refractivity contribution in [2.45, 2.75) is 78.1 Å². The summed E-state index contributed by atoms with van der Waals surface area (Å²) in [4.78, 5) is 10.8. The average molecular weight is 304 g/mol. The minimum Gasteiger partial charge on any atom is -0.494 e. The number of rotatable bonds is 12. The van der Waals surface area contributed by atoms with Gasteiger partial charge in [-0.3, -0.25) is 0 Å². The van der Waals surface area contributed by atoms with E-state index < -0.39 is 0 Å². The van der Waals surface area contributed by atoms with Crippen LogP contribution in [-0.4, -0.2) is 12.4 Å². The molecule has 0 unspecified atom stereocenters. The van der Waals surface area contributed by atoms with E-state index in [1.165, 1.54) is 37.7 Å². The maximum atomic E-state index is 10.8. The van der Waals surface area contributed by atoms with E-state index in [4.69, 9.17) is 4.74 Å². The number of benzene rings is 1. The first-order valence-electron chi connectivity index (χ1n) is 8.82. The highest BCUT2D eigenvalue weighted by Crippen LogP contribution is 2.19. The van der Waals surface area contributed by atoms with Gasteiger partial charge in [-0.25, -0.2) is 0 Å². The van der Waals surface area contributed by atoms with E-state index in [2.05, 4.69) is 38.1 Å². The lowest BCUT2D eigenvalue weighted by Gasteiger charge is -2.09. The van der Waals surface area contributed by atoms with E-state index in [1.807, 2.05) is 0 Å². The molecule has 124 valence electrons. The van der Waals surface area contributed by atoms with Crippen molar-refractivity contribution >= 4 is 5.78 Å². The fourth-order valence-electron chi connectivity index (χ4n) is 2.50. The van der Waals surface area contributed by atoms with E-state index in [-0.39, 0.29) is 0 Å². The molecule has 1 rings (SSSR count). The fourth-order valence-corrected chi connectivity index (χ4v) is 2.50. The van der Waals surface area contributed by atoms with Gasteiger partial charge in [0.2, 0.25) is 0 Å². The van der Waals surface area contributed by atoms with Crippen LogP contribution in [0.2, 0.25) is 0 Å². The quantitative estimate of drug-likeness (QED) is 0.449. The molecule has 0 saturated heterocycles. The molecule has 0 atom stereocenters. The van der Waals surface area contributed by atoms with Crippen molar-refractivity contribution < 1.29 is 9.53 Å². The van der Waals surface area contributed by atoms with Crippen LogP contribution < -0.4 is 4.74 Å². The third-order valence-electron chi connectivity index (χ3n) is 3.99. The molecule has 0 bridgehead atoms. The largest absolute Gasteiger partial charge is 0.494 e. The number of hydrogen-bond acceptors (Lipinski definition) is 2. The molecular weight excluding hydrogens is 272 g/mol. The Morgan fingerprint density at radius 3 is 2.00 bits per heavy atom. The van der Waals surface area contributed by atoms with Crippen molar-refractivity contribution in [2.75, 3.05) is 6.61 Å². The topological polar surface area (TPSA) is 26.3 Å². The molecule has 0 spiro atoms. The van der Waals surface area contributed by atoms with Crippen LogP contribution in [0.3, 0.4) is 0 Å². The Hall–Kier alpha value is -1.31. The van der Waals surface area contributed by atoms with Crippen LogP contribution in [0.5, 0.6) is 5.75 Å². The van der Waals surface area contributed by atoms with E-state index in [0.717, 1.165) is 31.6 Å². The third-order valence-corrected chi connectivity index (χ3v) is 3.99. The molecule has 0 aliphatic carbocycles. The number of carbonyl (C=O) groups excluding carboxylic acids is 1. The van der Waals surface area contributed by atoms with Gasteiger partial charge in [-0.1, -0.05) is 58.1 Å². The van der Waals surface area contributed by atoms with Crippen LogP contribution in [0.1, 0.15) is 83.6 Å². The van der Waals surface area contributed by atoms with E-state index in [0.29, 0.717) is 11.7 Å². The van der Waals surface area contributed by atoms with Crippen molar-refractivity contribution in [3.05, 3.63) is 29.8 Å². The fraction of sp³-hybridized carbons (Fsp3) is 0.650. The summed E-state index contributed by atoms with van der Waals surface area (Å²) in [5.74, 6) is 1.87. The monoisotopic (exact) mass is 304 g/mol. The average Bonchev–Trinajstić information content (AvgIpc) is 2.49. The lowest BCUT2D eigenvalue weighted by Crippen LogP contribution is -1.97. The van der Waals surface area contributed by atoms with Gasteiger partial charge in [0, 0.05) is 6.42 Å². The zero-order valence-corrected chi connectivity index (χ0v) is 14.6. The van der Waals surface area contributed by atoms with E-state index in [9.17, 15) is 4.79 Å². The molecule has 2 heteroatoms.